The molecule has 3 rings (SSSR count). The number of hydrogen-bond acceptors (Lipinski definition) is 4. The molecule has 2 amide bonds. The summed E-state index contributed by atoms with van der Waals surface area (Å²) in [5.41, 5.74) is 2.54. The summed E-state index contributed by atoms with van der Waals surface area (Å²) in [5.74, 6) is 0.0464. The summed E-state index contributed by atoms with van der Waals surface area (Å²) in [4.78, 5) is 34.1. The summed E-state index contributed by atoms with van der Waals surface area (Å²) < 4.78 is 0. The molecule has 29 heavy (non-hydrogen) atoms. The second-order valence-corrected chi connectivity index (χ2v) is 7.68. The van der Waals surface area contributed by atoms with Gasteiger partial charge in [-0.15, -0.1) is 0 Å². The van der Waals surface area contributed by atoms with Gasteiger partial charge in [0.25, 0.3) is 0 Å². The largest absolute Gasteiger partial charge is 0.352 e. The van der Waals surface area contributed by atoms with Crippen molar-refractivity contribution in [2.45, 2.75) is 57.4 Å². The van der Waals surface area contributed by atoms with Crippen LogP contribution in [0.1, 0.15) is 49.7 Å². The smallest absolute Gasteiger partial charge is 0.239 e. The standard InChI is InChI=1S/C23H30N4O2/c28-22(18-27-17-3-8-23(27)29)26-21(6-1-4-19-9-13-24-14-10-19)7-2-5-20-11-15-25-16-12-20/h9-16,21H,1-8,17-18H2,(H,26,28). The SMILES string of the molecule is O=C(CN1CCCC1=O)NC(CCCc1ccncc1)CCCc1ccncc1. The van der Waals surface area contributed by atoms with Crippen LogP contribution in [0.25, 0.3) is 0 Å². The van der Waals surface area contributed by atoms with Crippen molar-refractivity contribution in [3.05, 3.63) is 60.2 Å². The topological polar surface area (TPSA) is 75.2 Å². The van der Waals surface area contributed by atoms with Crippen molar-refractivity contribution in [3.63, 3.8) is 0 Å². The van der Waals surface area contributed by atoms with Gasteiger partial charge >= 0.3 is 0 Å². The Morgan fingerprint density at radius 3 is 2.00 bits per heavy atom. The molecular weight excluding hydrogens is 364 g/mol. The summed E-state index contributed by atoms with van der Waals surface area (Å²) in [7, 11) is 0. The molecule has 1 N–H and O–H groups in total. The molecule has 0 aromatic carbocycles. The second-order valence-electron chi connectivity index (χ2n) is 7.68. The third-order valence-corrected chi connectivity index (χ3v) is 5.41. The molecule has 6 nitrogen and oxygen atoms in total. The molecule has 0 atom stereocenters. The van der Waals surface area contributed by atoms with Gasteiger partial charge < -0.3 is 10.2 Å². The van der Waals surface area contributed by atoms with Crippen molar-refractivity contribution in [2.75, 3.05) is 13.1 Å². The van der Waals surface area contributed by atoms with Crippen LogP contribution in [0.4, 0.5) is 0 Å². The molecule has 0 spiro atoms. The predicted molar refractivity (Wildman–Crippen MR) is 112 cm³/mol. The number of likely N-dealkylation sites (tertiary alicyclic amines) is 1. The van der Waals surface area contributed by atoms with Crippen LogP contribution in [0.2, 0.25) is 0 Å². The molecule has 154 valence electrons. The monoisotopic (exact) mass is 394 g/mol. The Bertz CT molecular complexity index is 721. The quantitative estimate of drug-likeness (QED) is 0.636. The molecule has 0 radical (unpaired) electrons. The fraction of sp³-hybridized carbons (Fsp3) is 0.478. The normalized spacial score (nSPS) is 13.8. The third kappa shape index (κ3) is 7.29. The van der Waals surface area contributed by atoms with Crippen molar-refractivity contribution < 1.29 is 9.59 Å². The van der Waals surface area contributed by atoms with Crippen LogP contribution < -0.4 is 5.32 Å². The zero-order valence-electron chi connectivity index (χ0n) is 16.9. The minimum Gasteiger partial charge on any atom is -0.352 e. The maximum atomic E-state index is 12.5. The summed E-state index contributed by atoms with van der Waals surface area (Å²) in [6.45, 7) is 0.880. The number of rotatable bonds is 11. The average molecular weight is 395 g/mol. The fourth-order valence-corrected chi connectivity index (χ4v) is 3.81. The average Bonchev–Trinajstić information content (AvgIpc) is 3.13. The lowest BCUT2D eigenvalue weighted by atomic mass is 9.99. The Morgan fingerprint density at radius 2 is 1.52 bits per heavy atom. The van der Waals surface area contributed by atoms with Gasteiger partial charge in [-0.1, -0.05) is 0 Å². The molecule has 2 aromatic rings. The first-order valence-corrected chi connectivity index (χ1v) is 10.6. The van der Waals surface area contributed by atoms with E-state index in [2.05, 4.69) is 15.3 Å². The van der Waals surface area contributed by atoms with Crippen LogP contribution in [-0.4, -0.2) is 45.8 Å². The molecule has 6 heteroatoms. The lowest BCUT2D eigenvalue weighted by Crippen LogP contribution is -2.42. The molecule has 1 aliphatic rings. The number of hydrogen-bond donors (Lipinski definition) is 1. The number of aryl methyl sites for hydroxylation is 2. The van der Waals surface area contributed by atoms with Crippen molar-refractivity contribution in [1.82, 2.24) is 20.2 Å². The Morgan fingerprint density at radius 1 is 0.966 bits per heavy atom. The van der Waals surface area contributed by atoms with Gasteiger partial charge in [-0.3, -0.25) is 19.6 Å². The summed E-state index contributed by atoms with van der Waals surface area (Å²) in [5, 5.41) is 3.18. The number of aromatic nitrogens is 2. The third-order valence-electron chi connectivity index (χ3n) is 5.41. The molecule has 0 unspecified atom stereocenters. The van der Waals surface area contributed by atoms with Gasteiger partial charge in [-0.05, 0) is 80.3 Å². The zero-order valence-corrected chi connectivity index (χ0v) is 16.9. The highest BCUT2D eigenvalue weighted by molar-refractivity contribution is 5.85. The minimum atomic E-state index is -0.0435. The van der Waals surface area contributed by atoms with Gasteiger partial charge in [0.05, 0.1) is 6.54 Å². The van der Waals surface area contributed by atoms with E-state index in [1.165, 1.54) is 11.1 Å². The number of amides is 2. The van der Waals surface area contributed by atoms with Gasteiger partial charge in [-0.2, -0.15) is 0 Å². The van der Waals surface area contributed by atoms with Gasteiger partial charge in [0.2, 0.25) is 11.8 Å². The van der Waals surface area contributed by atoms with Gasteiger partial charge in [-0.25, -0.2) is 0 Å². The molecule has 0 saturated carbocycles. The van der Waals surface area contributed by atoms with Crippen LogP contribution in [-0.2, 0) is 22.4 Å². The predicted octanol–water partition coefficient (Wildman–Crippen LogP) is 2.93. The van der Waals surface area contributed by atoms with E-state index in [-0.39, 0.29) is 24.4 Å². The van der Waals surface area contributed by atoms with E-state index in [0.717, 1.165) is 44.9 Å². The molecule has 1 fully saturated rings. The van der Waals surface area contributed by atoms with E-state index in [4.69, 9.17) is 0 Å². The van der Waals surface area contributed by atoms with Gasteiger partial charge in [0, 0.05) is 43.8 Å². The van der Waals surface area contributed by atoms with Crippen molar-refractivity contribution >= 4 is 11.8 Å². The van der Waals surface area contributed by atoms with Crippen LogP contribution in [0, 0.1) is 0 Å². The van der Waals surface area contributed by atoms with Crippen molar-refractivity contribution in [1.29, 1.82) is 0 Å². The first-order chi connectivity index (χ1) is 14.2. The van der Waals surface area contributed by atoms with E-state index in [0.29, 0.717) is 13.0 Å². The van der Waals surface area contributed by atoms with E-state index in [1.807, 2.05) is 49.1 Å². The molecule has 0 bridgehead atoms. The van der Waals surface area contributed by atoms with E-state index >= 15 is 0 Å². The highest BCUT2D eigenvalue weighted by atomic mass is 16.2. The second kappa shape index (κ2) is 11.3. The maximum Gasteiger partial charge on any atom is 0.239 e. The minimum absolute atomic E-state index is 0.0435. The highest BCUT2D eigenvalue weighted by Crippen LogP contribution is 2.13. The van der Waals surface area contributed by atoms with E-state index in [1.54, 1.807) is 4.90 Å². The molecule has 2 aromatic heterocycles. The summed E-state index contributed by atoms with van der Waals surface area (Å²) in [6.07, 6.45) is 14.5. The van der Waals surface area contributed by atoms with Crippen molar-refractivity contribution in [2.24, 2.45) is 0 Å². The number of pyridine rings is 2. The van der Waals surface area contributed by atoms with Crippen LogP contribution in [0.15, 0.2) is 49.1 Å². The van der Waals surface area contributed by atoms with Gasteiger partial charge in [0.1, 0.15) is 0 Å². The lowest BCUT2D eigenvalue weighted by Gasteiger charge is -2.21. The molecule has 1 aliphatic heterocycles. The number of carbonyl (C=O) groups is 2. The number of nitrogens with one attached hydrogen (secondary N) is 1. The molecule has 3 heterocycles. The van der Waals surface area contributed by atoms with Gasteiger partial charge in [0.15, 0.2) is 0 Å². The number of carbonyl (C=O) groups excluding carboxylic acids is 2. The van der Waals surface area contributed by atoms with Crippen LogP contribution >= 0.6 is 0 Å². The summed E-state index contributed by atoms with van der Waals surface area (Å²) in [6, 6.07) is 8.28. The Hall–Kier alpha value is -2.76. The molecule has 1 saturated heterocycles. The number of nitrogens with zero attached hydrogens (tertiary/aromatic N) is 3. The van der Waals surface area contributed by atoms with E-state index in [9.17, 15) is 9.59 Å². The first kappa shape index (κ1) is 21.0. The van der Waals surface area contributed by atoms with Crippen LogP contribution in [0.5, 0.6) is 0 Å². The molecular formula is C23H30N4O2. The lowest BCUT2D eigenvalue weighted by molar-refractivity contribution is -0.133. The first-order valence-electron chi connectivity index (χ1n) is 10.6. The molecule has 0 aliphatic carbocycles. The highest BCUT2D eigenvalue weighted by Gasteiger charge is 2.23. The Labute approximate surface area is 172 Å². The maximum absolute atomic E-state index is 12.5. The Kier molecular flexibility index (Phi) is 8.16. The zero-order chi connectivity index (χ0) is 20.3. The fourth-order valence-electron chi connectivity index (χ4n) is 3.81. The van der Waals surface area contributed by atoms with Crippen molar-refractivity contribution in [3.8, 4) is 0 Å². The van der Waals surface area contributed by atoms with Crippen LogP contribution in [0.3, 0.4) is 0 Å². The Balaban J connectivity index is 1.48. The van der Waals surface area contributed by atoms with E-state index < -0.39 is 0 Å². The summed E-state index contributed by atoms with van der Waals surface area (Å²) >= 11 is 0.